The highest BCUT2D eigenvalue weighted by Crippen LogP contribution is 2.16. The van der Waals surface area contributed by atoms with Gasteiger partial charge in [-0.1, -0.05) is 6.07 Å². The van der Waals surface area contributed by atoms with Gasteiger partial charge in [0.1, 0.15) is 30.2 Å². The predicted molar refractivity (Wildman–Crippen MR) is 46.0 cm³/mol. The fourth-order valence-electron chi connectivity index (χ4n) is 1.16. The molecule has 14 heavy (non-hydrogen) atoms. The van der Waals surface area contributed by atoms with E-state index < -0.39 is 5.82 Å². The maximum absolute atomic E-state index is 13.4. The first-order valence-corrected chi connectivity index (χ1v) is 3.86. The maximum atomic E-state index is 13.4. The van der Waals surface area contributed by atoms with Crippen molar-refractivity contribution in [1.29, 1.82) is 5.26 Å². The van der Waals surface area contributed by atoms with Crippen LogP contribution in [0.4, 0.5) is 4.39 Å². The van der Waals surface area contributed by atoms with Crippen LogP contribution in [-0.2, 0) is 0 Å². The Balaban J connectivity index is 2.69. The van der Waals surface area contributed by atoms with Crippen LogP contribution in [-0.4, -0.2) is 14.8 Å². The fraction of sp³-hybridized carbons (Fsp3) is 0. The van der Waals surface area contributed by atoms with E-state index in [1.54, 1.807) is 0 Å². The molecule has 2 aromatic rings. The predicted octanol–water partition coefficient (Wildman–Crippen LogP) is 1.28. The minimum Gasteiger partial charge on any atom is -0.223 e. The number of rotatable bonds is 1. The Kier molecular flexibility index (Phi) is 1.95. The number of nitriles is 1. The fourth-order valence-corrected chi connectivity index (χ4v) is 1.16. The van der Waals surface area contributed by atoms with Crippen LogP contribution in [0, 0.1) is 17.1 Å². The van der Waals surface area contributed by atoms with Crippen molar-refractivity contribution >= 4 is 0 Å². The summed E-state index contributed by atoms with van der Waals surface area (Å²) < 4.78 is 14.6. The monoisotopic (exact) mass is 188 g/mol. The number of para-hydroxylation sites is 1. The second kappa shape index (κ2) is 3.26. The molecule has 0 aliphatic heterocycles. The van der Waals surface area contributed by atoms with Crippen molar-refractivity contribution < 1.29 is 4.39 Å². The highest BCUT2D eigenvalue weighted by Gasteiger charge is 2.10. The number of aromatic nitrogens is 3. The molecule has 1 aromatic carbocycles. The zero-order chi connectivity index (χ0) is 9.97. The van der Waals surface area contributed by atoms with Crippen molar-refractivity contribution in [2.45, 2.75) is 0 Å². The normalized spacial score (nSPS) is 9.71. The molecule has 0 aliphatic rings. The van der Waals surface area contributed by atoms with E-state index in [0.717, 1.165) is 0 Å². The zero-order valence-corrected chi connectivity index (χ0v) is 7.05. The highest BCUT2D eigenvalue weighted by atomic mass is 19.1. The Morgan fingerprint density at radius 2 is 2.29 bits per heavy atom. The molecular weight excluding hydrogens is 183 g/mol. The Labute approximate surface area is 79.2 Å². The molecule has 0 saturated carbocycles. The minimum absolute atomic E-state index is 0.132. The van der Waals surface area contributed by atoms with Crippen molar-refractivity contribution in [2.75, 3.05) is 0 Å². The van der Waals surface area contributed by atoms with Gasteiger partial charge in [-0.25, -0.2) is 14.1 Å². The van der Waals surface area contributed by atoms with Gasteiger partial charge in [0.15, 0.2) is 0 Å². The van der Waals surface area contributed by atoms with E-state index in [1.165, 1.54) is 35.5 Å². The third kappa shape index (κ3) is 1.23. The third-order valence-electron chi connectivity index (χ3n) is 1.76. The molecule has 0 amide bonds. The first kappa shape index (κ1) is 8.38. The SMILES string of the molecule is N#Cc1cccc(F)c1-n1cncn1. The summed E-state index contributed by atoms with van der Waals surface area (Å²) in [6.07, 6.45) is 2.63. The second-order valence-corrected chi connectivity index (χ2v) is 2.59. The van der Waals surface area contributed by atoms with E-state index in [9.17, 15) is 4.39 Å². The molecule has 0 saturated heterocycles. The summed E-state index contributed by atoms with van der Waals surface area (Å²) in [5.41, 5.74) is 0.364. The molecule has 0 spiro atoms. The first-order chi connectivity index (χ1) is 6.83. The maximum Gasteiger partial charge on any atom is 0.150 e. The molecule has 0 aliphatic carbocycles. The standard InChI is InChI=1S/C9H5FN4/c10-8-3-1-2-7(4-11)9(8)14-6-12-5-13-14/h1-3,5-6H. The lowest BCUT2D eigenvalue weighted by molar-refractivity contribution is 0.610. The topological polar surface area (TPSA) is 54.5 Å². The average molecular weight is 188 g/mol. The van der Waals surface area contributed by atoms with Crippen molar-refractivity contribution in [3.8, 4) is 11.8 Å². The van der Waals surface area contributed by atoms with Gasteiger partial charge in [0.05, 0.1) is 5.56 Å². The van der Waals surface area contributed by atoms with E-state index in [4.69, 9.17) is 5.26 Å². The van der Waals surface area contributed by atoms with Gasteiger partial charge in [0.2, 0.25) is 0 Å². The van der Waals surface area contributed by atoms with Gasteiger partial charge >= 0.3 is 0 Å². The molecule has 5 heteroatoms. The van der Waals surface area contributed by atoms with Gasteiger partial charge in [-0.2, -0.15) is 10.4 Å². The Morgan fingerprint density at radius 1 is 1.43 bits per heavy atom. The summed E-state index contributed by atoms with van der Waals surface area (Å²) in [5.74, 6) is -0.491. The van der Waals surface area contributed by atoms with Crippen molar-refractivity contribution in [3.05, 3.63) is 42.2 Å². The van der Waals surface area contributed by atoms with Gasteiger partial charge in [0, 0.05) is 0 Å². The lowest BCUT2D eigenvalue weighted by atomic mass is 10.2. The molecule has 0 radical (unpaired) electrons. The summed E-state index contributed by atoms with van der Waals surface area (Å²) in [4.78, 5) is 3.69. The van der Waals surface area contributed by atoms with E-state index in [1.807, 2.05) is 6.07 Å². The van der Waals surface area contributed by atoms with Gasteiger partial charge < -0.3 is 0 Å². The second-order valence-electron chi connectivity index (χ2n) is 2.59. The lowest BCUT2D eigenvalue weighted by Crippen LogP contribution is -2.01. The molecule has 0 fully saturated rings. The molecule has 0 N–H and O–H groups in total. The lowest BCUT2D eigenvalue weighted by Gasteiger charge is -2.03. The quantitative estimate of drug-likeness (QED) is 0.677. The number of nitrogens with zero attached hydrogens (tertiary/aromatic N) is 4. The number of benzene rings is 1. The number of hydrogen-bond acceptors (Lipinski definition) is 3. The molecular formula is C9H5FN4. The Morgan fingerprint density at radius 3 is 2.93 bits per heavy atom. The average Bonchev–Trinajstić information content (AvgIpc) is 2.70. The zero-order valence-electron chi connectivity index (χ0n) is 7.05. The Bertz CT molecular complexity index is 484. The Hall–Kier alpha value is -2.22. The molecule has 4 nitrogen and oxygen atoms in total. The smallest absolute Gasteiger partial charge is 0.150 e. The van der Waals surface area contributed by atoms with Gasteiger partial charge in [-0.15, -0.1) is 0 Å². The molecule has 0 unspecified atom stereocenters. The van der Waals surface area contributed by atoms with E-state index in [0.29, 0.717) is 0 Å². The van der Waals surface area contributed by atoms with Crippen LogP contribution in [0.3, 0.4) is 0 Å². The van der Waals surface area contributed by atoms with E-state index in [2.05, 4.69) is 10.1 Å². The van der Waals surface area contributed by atoms with E-state index in [-0.39, 0.29) is 11.3 Å². The summed E-state index contributed by atoms with van der Waals surface area (Å²) >= 11 is 0. The minimum atomic E-state index is -0.491. The van der Waals surface area contributed by atoms with Crippen LogP contribution in [0.5, 0.6) is 0 Å². The van der Waals surface area contributed by atoms with Gasteiger partial charge in [-0.3, -0.25) is 0 Å². The van der Waals surface area contributed by atoms with Crippen LogP contribution in [0.2, 0.25) is 0 Å². The van der Waals surface area contributed by atoms with Crippen LogP contribution in [0.15, 0.2) is 30.9 Å². The molecule has 68 valence electrons. The van der Waals surface area contributed by atoms with E-state index >= 15 is 0 Å². The van der Waals surface area contributed by atoms with Gasteiger partial charge in [-0.05, 0) is 12.1 Å². The summed E-state index contributed by atoms with van der Waals surface area (Å²) in [6, 6.07) is 6.18. The van der Waals surface area contributed by atoms with Crippen molar-refractivity contribution in [1.82, 2.24) is 14.8 Å². The molecule has 2 rings (SSSR count). The van der Waals surface area contributed by atoms with Crippen LogP contribution in [0.1, 0.15) is 5.56 Å². The largest absolute Gasteiger partial charge is 0.223 e. The van der Waals surface area contributed by atoms with Crippen LogP contribution < -0.4 is 0 Å². The third-order valence-corrected chi connectivity index (χ3v) is 1.76. The number of halogens is 1. The molecule has 0 bridgehead atoms. The van der Waals surface area contributed by atoms with Crippen molar-refractivity contribution in [3.63, 3.8) is 0 Å². The summed E-state index contributed by atoms with van der Waals surface area (Å²) in [7, 11) is 0. The molecule has 0 atom stereocenters. The summed E-state index contributed by atoms with van der Waals surface area (Å²) in [6.45, 7) is 0. The van der Waals surface area contributed by atoms with Crippen molar-refractivity contribution in [2.24, 2.45) is 0 Å². The molecule has 1 aromatic heterocycles. The number of hydrogen-bond donors (Lipinski definition) is 0. The van der Waals surface area contributed by atoms with Crippen LogP contribution >= 0.6 is 0 Å². The van der Waals surface area contributed by atoms with Gasteiger partial charge in [0.25, 0.3) is 0 Å². The first-order valence-electron chi connectivity index (χ1n) is 3.86. The highest BCUT2D eigenvalue weighted by molar-refractivity contribution is 5.48. The molecule has 1 heterocycles. The van der Waals surface area contributed by atoms with Crippen LogP contribution in [0.25, 0.3) is 5.69 Å². The summed E-state index contributed by atoms with van der Waals surface area (Å²) in [5, 5.41) is 12.5.